The summed E-state index contributed by atoms with van der Waals surface area (Å²) in [5.74, 6) is 0.323. The van der Waals surface area contributed by atoms with Gasteiger partial charge in [0, 0.05) is 50.6 Å². The van der Waals surface area contributed by atoms with E-state index in [1.165, 1.54) is 55.6 Å². The van der Waals surface area contributed by atoms with Crippen LogP contribution in [0.25, 0.3) is 21.9 Å². The van der Waals surface area contributed by atoms with Crippen LogP contribution in [0.2, 0.25) is 0 Å². The average Bonchev–Trinajstić information content (AvgIpc) is 3.65. The lowest BCUT2D eigenvalue weighted by Gasteiger charge is -2.45. The topological polar surface area (TPSA) is 22.9 Å². The summed E-state index contributed by atoms with van der Waals surface area (Å²) in [6, 6.07) is 60.8. The molecule has 2 aliphatic rings. The van der Waals surface area contributed by atoms with Crippen LogP contribution in [-0.4, -0.2) is 6.71 Å². The normalized spacial score (nSPS) is 12.9. The zero-order valence-electron chi connectivity index (χ0n) is 35.0. The molecule has 0 saturated heterocycles. The third-order valence-electron chi connectivity index (χ3n) is 12.6. The van der Waals surface area contributed by atoms with Gasteiger partial charge in [0.2, 0.25) is 0 Å². The van der Waals surface area contributed by atoms with E-state index in [1.54, 1.807) is 0 Å². The zero-order chi connectivity index (χ0) is 40.8. The Labute approximate surface area is 353 Å². The van der Waals surface area contributed by atoms with Gasteiger partial charge >= 0.3 is 0 Å². The van der Waals surface area contributed by atoms with Crippen LogP contribution in [0, 0.1) is 27.7 Å². The Hall–Kier alpha value is -6.98. The number of hydrogen-bond acceptors (Lipinski definition) is 4. The fourth-order valence-corrected chi connectivity index (χ4v) is 9.77. The van der Waals surface area contributed by atoms with E-state index in [1.807, 2.05) is 0 Å². The molecule has 0 radical (unpaired) electrons. The molecule has 0 N–H and O–H groups in total. The van der Waals surface area contributed by atoms with Crippen molar-refractivity contribution >= 4 is 96.2 Å². The van der Waals surface area contributed by atoms with Gasteiger partial charge in [-0.2, -0.15) is 0 Å². The molecule has 5 heteroatoms. The first-order valence-electron chi connectivity index (χ1n) is 21.2. The van der Waals surface area contributed by atoms with Crippen molar-refractivity contribution in [2.45, 2.75) is 47.5 Å². The molecule has 0 atom stereocenters. The molecule has 11 rings (SSSR count). The van der Waals surface area contributed by atoms with Crippen molar-refractivity contribution in [3.05, 3.63) is 192 Å². The zero-order valence-corrected chi connectivity index (χ0v) is 35.0. The third-order valence-corrected chi connectivity index (χ3v) is 12.6. The lowest BCUT2D eigenvalue weighted by molar-refractivity contribution is 0.657. The van der Waals surface area contributed by atoms with Crippen molar-refractivity contribution in [3.63, 3.8) is 0 Å². The summed E-state index contributed by atoms with van der Waals surface area (Å²) in [4.78, 5) is 7.41. The van der Waals surface area contributed by atoms with Gasteiger partial charge in [0.15, 0.2) is 5.58 Å². The van der Waals surface area contributed by atoms with Gasteiger partial charge in [-0.1, -0.05) is 133 Å². The molecule has 0 fully saturated rings. The first-order chi connectivity index (χ1) is 29.2. The summed E-state index contributed by atoms with van der Waals surface area (Å²) in [6.07, 6.45) is 0. The van der Waals surface area contributed by atoms with Crippen molar-refractivity contribution in [1.29, 1.82) is 0 Å². The molecule has 0 aliphatic carbocycles. The van der Waals surface area contributed by atoms with Crippen LogP contribution in [0.5, 0.6) is 0 Å². The van der Waals surface area contributed by atoms with E-state index in [2.05, 4.69) is 220 Å². The smallest absolute Gasteiger partial charge is 0.252 e. The van der Waals surface area contributed by atoms with Crippen LogP contribution >= 0.6 is 0 Å². The van der Waals surface area contributed by atoms with Gasteiger partial charge in [0.05, 0.1) is 11.4 Å². The Kier molecular flexibility index (Phi) is 8.32. The molecule has 1 aromatic heterocycles. The molecule has 3 heterocycles. The van der Waals surface area contributed by atoms with E-state index in [0.29, 0.717) is 5.92 Å². The predicted octanol–water partition coefficient (Wildman–Crippen LogP) is 13.5. The summed E-state index contributed by atoms with van der Waals surface area (Å²) >= 11 is 0. The second kappa shape index (κ2) is 13.8. The quantitative estimate of drug-likeness (QED) is 0.157. The SMILES string of the molecule is Cc1ccc(N2c3ccc(C)cc3B3c4cc(C)ccc4N(c4ccc(C)cc4)c4cc(N(c5ccccc5)c5cccc6c5oc5c(C(C)C)cccc56)cc2c43)cc1. The molecule has 0 saturated carbocycles. The van der Waals surface area contributed by atoms with Gasteiger partial charge in [0.25, 0.3) is 6.71 Å². The van der Waals surface area contributed by atoms with E-state index >= 15 is 0 Å². The van der Waals surface area contributed by atoms with E-state index < -0.39 is 0 Å². The first kappa shape index (κ1) is 36.1. The van der Waals surface area contributed by atoms with Gasteiger partial charge in [-0.05, 0) is 122 Å². The summed E-state index contributed by atoms with van der Waals surface area (Å²) < 4.78 is 7.05. The van der Waals surface area contributed by atoms with Crippen LogP contribution in [0.3, 0.4) is 0 Å². The molecular weight excluding hydrogens is 729 g/mol. The Morgan fingerprint density at radius 3 is 1.53 bits per heavy atom. The fourth-order valence-electron chi connectivity index (χ4n) is 9.77. The minimum absolute atomic E-state index is 0.0238. The number of anilines is 9. The minimum Gasteiger partial charge on any atom is -0.454 e. The van der Waals surface area contributed by atoms with E-state index in [9.17, 15) is 0 Å². The maximum atomic E-state index is 7.05. The highest BCUT2D eigenvalue weighted by molar-refractivity contribution is 7.00. The highest BCUT2D eigenvalue weighted by atomic mass is 16.3. The largest absolute Gasteiger partial charge is 0.454 e. The molecule has 0 bridgehead atoms. The van der Waals surface area contributed by atoms with Crippen LogP contribution < -0.4 is 31.1 Å². The highest BCUT2D eigenvalue weighted by Crippen LogP contribution is 2.50. The standard InChI is InChI=1S/C55H46BN3O/c1-34(2)43-14-10-15-44-45-16-11-17-50(55(45)60-54(43)44)57(39-12-8-7-9-13-39)42-32-51-53-52(33-42)59(41-26-20-36(4)21-27-41)49-29-23-38(6)31-47(49)56(53)46-30-37(5)22-28-48(46)58(51)40-24-18-35(3)19-25-40/h7-34H,1-6H3. The van der Waals surface area contributed by atoms with E-state index in [-0.39, 0.29) is 6.71 Å². The van der Waals surface area contributed by atoms with Gasteiger partial charge in [-0.25, -0.2) is 0 Å². The third kappa shape index (κ3) is 5.60. The average molecular weight is 776 g/mol. The lowest BCUT2D eigenvalue weighted by atomic mass is 9.33. The summed E-state index contributed by atoms with van der Waals surface area (Å²) in [6.45, 7) is 13.3. The Balaban J connectivity index is 1.27. The van der Waals surface area contributed by atoms with Crippen molar-refractivity contribution in [1.82, 2.24) is 0 Å². The maximum Gasteiger partial charge on any atom is 0.252 e. The van der Waals surface area contributed by atoms with Crippen molar-refractivity contribution in [3.8, 4) is 0 Å². The number of nitrogens with zero attached hydrogens (tertiary/aromatic N) is 3. The molecule has 60 heavy (non-hydrogen) atoms. The van der Waals surface area contributed by atoms with Crippen molar-refractivity contribution < 1.29 is 4.42 Å². The second-order valence-electron chi connectivity index (χ2n) is 17.1. The summed E-state index contributed by atoms with van der Waals surface area (Å²) in [5.41, 5.74) is 22.1. The summed E-state index contributed by atoms with van der Waals surface area (Å²) in [7, 11) is 0. The Morgan fingerprint density at radius 2 is 0.983 bits per heavy atom. The number of furan rings is 1. The number of fused-ring (bicyclic) bond motifs is 7. The van der Waals surface area contributed by atoms with Gasteiger partial charge in [-0.3, -0.25) is 0 Å². The second-order valence-corrected chi connectivity index (χ2v) is 17.1. The van der Waals surface area contributed by atoms with E-state index in [4.69, 9.17) is 4.42 Å². The molecule has 0 unspecified atom stereocenters. The van der Waals surface area contributed by atoms with Gasteiger partial charge in [-0.15, -0.1) is 0 Å². The maximum absolute atomic E-state index is 7.05. The molecule has 9 aromatic rings. The van der Waals surface area contributed by atoms with Gasteiger partial charge < -0.3 is 19.1 Å². The molecule has 4 nitrogen and oxygen atoms in total. The van der Waals surface area contributed by atoms with Crippen molar-refractivity contribution in [2.75, 3.05) is 14.7 Å². The Bertz CT molecular complexity index is 3010. The van der Waals surface area contributed by atoms with E-state index in [0.717, 1.165) is 61.8 Å². The van der Waals surface area contributed by atoms with Crippen LogP contribution in [0.15, 0.2) is 168 Å². The lowest BCUT2D eigenvalue weighted by Crippen LogP contribution is -2.61. The number of para-hydroxylation sites is 3. The minimum atomic E-state index is 0.0238. The molecule has 2 aliphatic heterocycles. The number of hydrogen-bond donors (Lipinski definition) is 0. The fraction of sp³-hybridized carbons (Fsp3) is 0.127. The Morgan fingerprint density at radius 1 is 0.467 bits per heavy atom. The van der Waals surface area contributed by atoms with Crippen molar-refractivity contribution in [2.24, 2.45) is 0 Å². The number of benzene rings is 8. The molecule has 290 valence electrons. The highest BCUT2D eigenvalue weighted by Gasteiger charge is 2.44. The molecular formula is C55H46BN3O. The summed E-state index contributed by atoms with van der Waals surface area (Å²) in [5, 5.41) is 2.26. The van der Waals surface area contributed by atoms with Crippen LogP contribution in [-0.2, 0) is 0 Å². The monoisotopic (exact) mass is 775 g/mol. The van der Waals surface area contributed by atoms with Crippen LogP contribution in [0.1, 0.15) is 47.6 Å². The predicted molar refractivity (Wildman–Crippen MR) is 255 cm³/mol. The number of rotatable bonds is 6. The van der Waals surface area contributed by atoms with Gasteiger partial charge in [0.1, 0.15) is 5.58 Å². The molecule has 8 aromatic carbocycles. The van der Waals surface area contributed by atoms with Crippen LogP contribution in [0.4, 0.5) is 51.2 Å². The molecule has 0 amide bonds. The molecule has 0 spiro atoms. The number of aryl methyl sites for hydroxylation is 4. The first-order valence-corrected chi connectivity index (χ1v) is 21.2.